The number of hydrogen-bond donors (Lipinski definition) is 1. The molecule has 0 aliphatic heterocycles. The molecular formula is C18H25NS. The van der Waals surface area contributed by atoms with Gasteiger partial charge in [-0.1, -0.05) is 43.7 Å². The van der Waals surface area contributed by atoms with Crippen LogP contribution in [-0.2, 0) is 6.42 Å². The summed E-state index contributed by atoms with van der Waals surface area (Å²) in [5.74, 6) is 0. The molecule has 0 aliphatic rings. The molecule has 0 saturated heterocycles. The van der Waals surface area contributed by atoms with Crippen LogP contribution >= 0.6 is 11.3 Å². The van der Waals surface area contributed by atoms with Crippen molar-refractivity contribution in [3.05, 3.63) is 57.8 Å². The van der Waals surface area contributed by atoms with Crippen molar-refractivity contribution in [3.63, 3.8) is 0 Å². The first-order valence-electron chi connectivity index (χ1n) is 7.59. The van der Waals surface area contributed by atoms with Crippen LogP contribution in [0.25, 0.3) is 0 Å². The molecule has 20 heavy (non-hydrogen) atoms. The fourth-order valence-corrected chi connectivity index (χ4v) is 3.19. The number of aryl methyl sites for hydroxylation is 1. The zero-order valence-corrected chi connectivity index (χ0v) is 13.5. The van der Waals surface area contributed by atoms with E-state index in [0.29, 0.717) is 12.1 Å². The Kier molecular flexibility index (Phi) is 5.81. The van der Waals surface area contributed by atoms with E-state index in [1.54, 1.807) is 0 Å². The fourth-order valence-electron chi connectivity index (χ4n) is 2.44. The maximum atomic E-state index is 3.67. The van der Waals surface area contributed by atoms with Crippen LogP contribution in [0.15, 0.2) is 41.8 Å². The third kappa shape index (κ3) is 4.19. The average molecular weight is 287 g/mol. The summed E-state index contributed by atoms with van der Waals surface area (Å²) in [7, 11) is 0. The van der Waals surface area contributed by atoms with E-state index in [1.807, 2.05) is 11.3 Å². The normalized spacial score (nSPS) is 14.2. The van der Waals surface area contributed by atoms with Gasteiger partial charge in [0, 0.05) is 17.0 Å². The first-order chi connectivity index (χ1) is 9.70. The zero-order chi connectivity index (χ0) is 14.4. The number of thiophene rings is 1. The third-order valence-electron chi connectivity index (χ3n) is 3.77. The number of nitrogens with one attached hydrogen (secondary N) is 1. The lowest BCUT2D eigenvalue weighted by atomic mass is 10.0. The molecule has 2 heteroatoms. The molecule has 2 atom stereocenters. The predicted octanol–water partition coefficient (Wildman–Crippen LogP) is 5.50. The topological polar surface area (TPSA) is 12.0 Å². The number of unbranched alkanes of at least 4 members (excludes halogenated alkanes) is 1. The Morgan fingerprint density at radius 1 is 1.05 bits per heavy atom. The Morgan fingerprint density at radius 3 is 2.40 bits per heavy atom. The second-order valence-corrected chi connectivity index (χ2v) is 6.45. The van der Waals surface area contributed by atoms with Crippen molar-refractivity contribution in [1.29, 1.82) is 0 Å². The summed E-state index contributed by atoms with van der Waals surface area (Å²) in [5.41, 5.74) is 2.82. The van der Waals surface area contributed by atoms with Crippen molar-refractivity contribution in [2.75, 3.05) is 0 Å². The van der Waals surface area contributed by atoms with E-state index in [2.05, 4.69) is 67.9 Å². The Morgan fingerprint density at radius 2 is 1.80 bits per heavy atom. The van der Waals surface area contributed by atoms with Crippen molar-refractivity contribution in [3.8, 4) is 0 Å². The number of hydrogen-bond acceptors (Lipinski definition) is 2. The van der Waals surface area contributed by atoms with E-state index in [0.717, 1.165) is 0 Å². The van der Waals surface area contributed by atoms with Crippen molar-refractivity contribution in [1.82, 2.24) is 5.32 Å². The van der Waals surface area contributed by atoms with E-state index >= 15 is 0 Å². The highest BCUT2D eigenvalue weighted by Gasteiger charge is 2.11. The third-order valence-corrected chi connectivity index (χ3v) is 4.82. The van der Waals surface area contributed by atoms with Crippen molar-refractivity contribution in [2.45, 2.75) is 52.1 Å². The van der Waals surface area contributed by atoms with Gasteiger partial charge in [-0.05, 0) is 49.3 Å². The highest BCUT2D eigenvalue weighted by Crippen LogP contribution is 2.23. The van der Waals surface area contributed by atoms with Crippen LogP contribution in [0.5, 0.6) is 0 Å². The molecule has 108 valence electrons. The first kappa shape index (κ1) is 15.3. The van der Waals surface area contributed by atoms with Gasteiger partial charge in [0.1, 0.15) is 0 Å². The molecule has 1 heterocycles. The molecule has 0 aliphatic carbocycles. The van der Waals surface area contributed by atoms with E-state index in [4.69, 9.17) is 0 Å². The SMILES string of the molecule is CCCCc1ccc(C(C)NC(C)c2cccs2)cc1. The molecule has 2 aromatic rings. The minimum absolute atomic E-state index is 0.382. The van der Waals surface area contributed by atoms with Gasteiger partial charge in [-0.15, -0.1) is 11.3 Å². The fraction of sp³-hybridized carbons (Fsp3) is 0.444. The lowest BCUT2D eigenvalue weighted by molar-refractivity contribution is 0.500. The Balaban J connectivity index is 1.93. The molecule has 2 rings (SSSR count). The van der Waals surface area contributed by atoms with E-state index in [-0.39, 0.29) is 0 Å². The van der Waals surface area contributed by atoms with Crippen LogP contribution in [0.4, 0.5) is 0 Å². The molecule has 0 spiro atoms. The zero-order valence-electron chi connectivity index (χ0n) is 12.7. The summed E-state index contributed by atoms with van der Waals surface area (Å²) < 4.78 is 0. The molecule has 0 radical (unpaired) electrons. The summed E-state index contributed by atoms with van der Waals surface area (Å²) >= 11 is 1.82. The van der Waals surface area contributed by atoms with Gasteiger partial charge in [0.15, 0.2) is 0 Å². The molecule has 1 aromatic carbocycles. The van der Waals surface area contributed by atoms with Crippen LogP contribution in [0.1, 0.15) is 61.7 Å². The molecule has 2 unspecified atom stereocenters. The number of benzene rings is 1. The second-order valence-electron chi connectivity index (χ2n) is 5.47. The van der Waals surface area contributed by atoms with Crippen molar-refractivity contribution in [2.24, 2.45) is 0 Å². The van der Waals surface area contributed by atoms with Crippen LogP contribution in [0.3, 0.4) is 0 Å². The van der Waals surface area contributed by atoms with Gasteiger partial charge >= 0.3 is 0 Å². The molecule has 1 N–H and O–H groups in total. The van der Waals surface area contributed by atoms with Gasteiger partial charge in [0.05, 0.1) is 0 Å². The first-order valence-corrected chi connectivity index (χ1v) is 8.47. The lowest BCUT2D eigenvalue weighted by Crippen LogP contribution is -2.21. The van der Waals surface area contributed by atoms with Crippen LogP contribution in [0, 0.1) is 0 Å². The van der Waals surface area contributed by atoms with Crippen LogP contribution in [-0.4, -0.2) is 0 Å². The largest absolute Gasteiger partial charge is 0.303 e. The van der Waals surface area contributed by atoms with E-state index < -0.39 is 0 Å². The van der Waals surface area contributed by atoms with E-state index in [9.17, 15) is 0 Å². The molecule has 0 bridgehead atoms. The quantitative estimate of drug-likeness (QED) is 0.708. The Hall–Kier alpha value is -1.12. The summed E-state index contributed by atoms with van der Waals surface area (Å²) in [4.78, 5) is 1.40. The molecular weight excluding hydrogens is 262 g/mol. The van der Waals surface area contributed by atoms with Gasteiger partial charge in [0.2, 0.25) is 0 Å². The van der Waals surface area contributed by atoms with Gasteiger partial charge < -0.3 is 5.32 Å². The monoisotopic (exact) mass is 287 g/mol. The highest BCUT2D eigenvalue weighted by atomic mass is 32.1. The predicted molar refractivity (Wildman–Crippen MR) is 89.3 cm³/mol. The van der Waals surface area contributed by atoms with Gasteiger partial charge in [-0.2, -0.15) is 0 Å². The average Bonchev–Trinajstić information content (AvgIpc) is 3.00. The maximum Gasteiger partial charge on any atom is 0.0391 e. The second kappa shape index (κ2) is 7.61. The molecule has 0 amide bonds. The summed E-state index contributed by atoms with van der Waals surface area (Å²) in [5, 5.41) is 5.81. The van der Waals surface area contributed by atoms with Gasteiger partial charge in [0.25, 0.3) is 0 Å². The lowest BCUT2D eigenvalue weighted by Gasteiger charge is -2.19. The minimum Gasteiger partial charge on any atom is -0.303 e. The summed E-state index contributed by atoms with van der Waals surface area (Å²) in [6.45, 7) is 6.72. The van der Waals surface area contributed by atoms with Crippen molar-refractivity contribution < 1.29 is 0 Å². The highest BCUT2D eigenvalue weighted by molar-refractivity contribution is 7.10. The Bertz CT molecular complexity index is 487. The maximum absolute atomic E-state index is 3.67. The minimum atomic E-state index is 0.382. The van der Waals surface area contributed by atoms with Gasteiger partial charge in [-0.25, -0.2) is 0 Å². The smallest absolute Gasteiger partial charge is 0.0391 e. The molecule has 1 nitrogen and oxygen atoms in total. The molecule has 1 aromatic heterocycles. The molecule has 0 saturated carbocycles. The van der Waals surface area contributed by atoms with Crippen LogP contribution < -0.4 is 5.32 Å². The summed E-state index contributed by atoms with van der Waals surface area (Å²) in [6, 6.07) is 14.2. The summed E-state index contributed by atoms with van der Waals surface area (Å²) in [6.07, 6.45) is 3.74. The van der Waals surface area contributed by atoms with Crippen molar-refractivity contribution >= 4 is 11.3 Å². The Labute approximate surface area is 127 Å². The van der Waals surface area contributed by atoms with Gasteiger partial charge in [-0.3, -0.25) is 0 Å². The standard InChI is InChI=1S/C18H25NS/c1-4-5-7-16-9-11-17(12-10-16)14(2)19-15(3)18-8-6-13-20-18/h6,8-15,19H,4-5,7H2,1-3H3. The molecule has 0 fully saturated rings. The van der Waals surface area contributed by atoms with E-state index in [1.165, 1.54) is 35.3 Å². The van der Waals surface area contributed by atoms with Crippen LogP contribution in [0.2, 0.25) is 0 Å². The number of rotatable bonds is 7.